The Morgan fingerprint density at radius 1 is 1.15 bits per heavy atom. The van der Waals surface area contributed by atoms with Gasteiger partial charge in [0.1, 0.15) is 6.17 Å². The Bertz CT molecular complexity index is 1180. The molecule has 0 bridgehead atoms. The molecule has 2 aliphatic heterocycles. The second-order valence-corrected chi connectivity index (χ2v) is 10.1. The van der Waals surface area contributed by atoms with Crippen molar-refractivity contribution < 1.29 is 4.74 Å². The first-order valence-electron chi connectivity index (χ1n) is 14.6. The van der Waals surface area contributed by atoms with E-state index in [0.29, 0.717) is 12.2 Å². The normalized spacial score (nSPS) is 19.3. The number of aryl methyl sites for hydroxylation is 1. The van der Waals surface area contributed by atoms with Crippen molar-refractivity contribution >= 4 is 6.34 Å². The summed E-state index contributed by atoms with van der Waals surface area (Å²) in [7, 11) is 0. The van der Waals surface area contributed by atoms with Gasteiger partial charge in [-0.15, -0.1) is 0 Å². The number of aliphatic imine (C=N–C) groups is 1. The Labute approximate surface area is 248 Å². The van der Waals surface area contributed by atoms with Crippen LogP contribution in [0.1, 0.15) is 63.1 Å². The molecule has 2 aromatic carbocycles. The molecule has 1 fully saturated rings. The number of unbranched alkanes of at least 4 members (excludes halogenated alkanes) is 1. The molecular weight excluding hydrogens is 506 g/mol. The van der Waals surface area contributed by atoms with E-state index in [1.54, 1.807) is 6.34 Å². The van der Waals surface area contributed by atoms with E-state index in [9.17, 15) is 0 Å². The van der Waals surface area contributed by atoms with Gasteiger partial charge in [-0.05, 0) is 69.5 Å². The summed E-state index contributed by atoms with van der Waals surface area (Å²) in [5.41, 5.74) is 10.6. The minimum atomic E-state index is 0.0320. The van der Waals surface area contributed by atoms with Gasteiger partial charge in [-0.25, -0.2) is 0 Å². The van der Waals surface area contributed by atoms with Crippen LogP contribution >= 0.6 is 0 Å². The summed E-state index contributed by atoms with van der Waals surface area (Å²) >= 11 is 0. The van der Waals surface area contributed by atoms with Crippen LogP contribution < -0.4 is 21.7 Å². The van der Waals surface area contributed by atoms with Crippen LogP contribution in [0.3, 0.4) is 0 Å². The molecular formula is C35H49N5O. The topological polar surface area (TPSA) is 83.7 Å². The van der Waals surface area contributed by atoms with E-state index in [2.05, 4.69) is 121 Å². The third-order valence-electron chi connectivity index (χ3n) is 6.48. The number of hydrogen-bond donors (Lipinski definition) is 4. The predicted octanol–water partition coefficient (Wildman–Crippen LogP) is 5.96. The van der Waals surface area contributed by atoms with Crippen molar-refractivity contribution in [3.63, 3.8) is 0 Å². The average Bonchev–Trinajstić information content (AvgIpc) is 3.39. The second kappa shape index (κ2) is 20.3. The van der Waals surface area contributed by atoms with Crippen LogP contribution in [0.15, 0.2) is 95.8 Å². The molecule has 3 atom stereocenters. The second-order valence-electron chi connectivity index (χ2n) is 10.1. The maximum atomic E-state index is 5.73. The Kier molecular flexibility index (Phi) is 16.6. The molecule has 41 heavy (non-hydrogen) atoms. The predicted molar refractivity (Wildman–Crippen MR) is 174 cm³/mol. The summed E-state index contributed by atoms with van der Waals surface area (Å²) in [4.78, 5) is 4.50. The van der Waals surface area contributed by atoms with E-state index >= 15 is 0 Å². The number of ether oxygens (including phenoxy) is 1. The Morgan fingerprint density at radius 3 is 2.61 bits per heavy atom. The fourth-order valence-corrected chi connectivity index (χ4v) is 4.34. The van der Waals surface area contributed by atoms with Crippen LogP contribution in [0.25, 0.3) is 0 Å². The lowest BCUT2D eigenvalue weighted by molar-refractivity contribution is 0.0567. The molecule has 2 aromatic rings. The molecule has 0 aromatic heterocycles. The number of allylic oxidation sites excluding steroid dienone is 2. The summed E-state index contributed by atoms with van der Waals surface area (Å²) in [6, 6.07) is 18.7. The summed E-state index contributed by atoms with van der Waals surface area (Å²) in [5.74, 6) is 6.31. The molecule has 4 rings (SSSR count). The highest BCUT2D eigenvalue weighted by molar-refractivity contribution is 5.61. The van der Waals surface area contributed by atoms with E-state index in [1.807, 2.05) is 18.2 Å². The van der Waals surface area contributed by atoms with Crippen molar-refractivity contribution in [2.75, 3.05) is 13.1 Å². The first kappa shape index (κ1) is 33.6. The number of rotatable bonds is 9. The summed E-state index contributed by atoms with van der Waals surface area (Å²) in [6.45, 7) is 14.1. The van der Waals surface area contributed by atoms with Crippen LogP contribution in [0, 0.1) is 18.8 Å². The highest BCUT2D eigenvalue weighted by Gasteiger charge is 2.20. The van der Waals surface area contributed by atoms with Gasteiger partial charge in [-0.1, -0.05) is 86.4 Å². The largest absolute Gasteiger partial charge is 0.405 e. The molecule has 1 saturated heterocycles. The highest BCUT2D eigenvalue weighted by Crippen LogP contribution is 2.18. The number of benzene rings is 2. The maximum absolute atomic E-state index is 5.73. The SMILES string of the molecule is C=CN.CCC/C=C\C1=C(C)NC=NC1NCc1ccccc1.Cc1cccc(C#CCNCC2CCC(C)O2)c1. The van der Waals surface area contributed by atoms with Gasteiger partial charge in [-0.3, -0.25) is 10.3 Å². The third kappa shape index (κ3) is 14.0. The average molecular weight is 556 g/mol. The van der Waals surface area contributed by atoms with E-state index < -0.39 is 0 Å². The first-order valence-corrected chi connectivity index (χ1v) is 14.6. The zero-order valence-electron chi connectivity index (χ0n) is 25.3. The number of nitrogens with one attached hydrogen (secondary N) is 3. The molecule has 0 saturated carbocycles. The first-order chi connectivity index (χ1) is 20.0. The number of hydrogen-bond acceptors (Lipinski definition) is 6. The fraction of sp³-hybridized carbons (Fsp3) is 0.400. The van der Waals surface area contributed by atoms with Gasteiger partial charge in [0, 0.05) is 29.9 Å². The number of nitrogens with zero attached hydrogens (tertiary/aromatic N) is 1. The van der Waals surface area contributed by atoms with Crippen LogP contribution in [0.5, 0.6) is 0 Å². The zero-order chi connectivity index (χ0) is 29.7. The van der Waals surface area contributed by atoms with Gasteiger partial charge in [0.25, 0.3) is 0 Å². The van der Waals surface area contributed by atoms with Crippen molar-refractivity contribution in [2.24, 2.45) is 10.7 Å². The van der Waals surface area contributed by atoms with Crippen molar-refractivity contribution in [1.82, 2.24) is 16.0 Å². The van der Waals surface area contributed by atoms with Crippen molar-refractivity contribution in [3.05, 3.63) is 107 Å². The monoisotopic (exact) mass is 555 g/mol. The van der Waals surface area contributed by atoms with Gasteiger partial charge in [0.05, 0.1) is 25.1 Å². The van der Waals surface area contributed by atoms with E-state index in [1.165, 1.54) is 42.2 Å². The Balaban J connectivity index is 0.000000263. The van der Waals surface area contributed by atoms with E-state index in [-0.39, 0.29) is 6.17 Å². The van der Waals surface area contributed by atoms with Crippen molar-refractivity contribution in [3.8, 4) is 11.8 Å². The van der Waals surface area contributed by atoms with Crippen LogP contribution in [0.4, 0.5) is 0 Å². The summed E-state index contributed by atoms with van der Waals surface area (Å²) < 4.78 is 5.73. The molecule has 0 amide bonds. The van der Waals surface area contributed by atoms with Gasteiger partial charge in [-0.2, -0.15) is 0 Å². The van der Waals surface area contributed by atoms with Gasteiger partial charge >= 0.3 is 0 Å². The molecule has 0 spiro atoms. The molecule has 0 radical (unpaired) electrons. The van der Waals surface area contributed by atoms with E-state index in [4.69, 9.17) is 4.74 Å². The van der Waals surface area contributed by atoms with E-state index in [0.717, 1.165) is 37.3 Å². The van der Waals surface area contributed by atoms with Crippen molar-refractivity contribution in [1.29, 1.82) is 0 Å². The standard InChI is InChI=1S/C17H23N3.C16H21NO.C2H5N/c1-3-4-6-11-16-14(2)19-13-20-17(16)18-12-15-9-7-5-8-10-15;1-13-5-3-6-15(11-13)7-4-10-17-12-16-9-8-14(2)18-16;1-2-3/h5-11,13,17-18H,3-4,12H2,1-2H3,(H,19,20);3,5-6,11,14,16-17H,8-10,12H2,1-2H3;2H,1,3H2/b11-6-;;. The Hall–Kier alpha value is -3.63. The lowest BCUT2D eigenvalue weighted by Gasteiger charge is -2.22. The van der Waals surface area contributed by atoms with Gasteiger partial charge < -0.3 is 21.1 Å². The molecule has 0 aliphatic carbocycles. The fourth-order valence-electron chi connectivity index (χ4n) is 4.34. The van der Waals surface area contributed by atoms with Crippen LogP contribution in [-0.4, -0.2) is 37.8 Å². The molecule has 3 unspecified atom stereocenters. The molecule has 6 heteroatoms. The summed E-state index contributed by atoms with van der Waals surface area (Å²) in [6.07, 6.45) is 12.9. The highest BCUT2D eigenvalue weighted by atomic mass is 16.5. The van der Waals surface area contributed by atoms with Gasteiger partial charge in [0.15, 0.2) is 0 Å². The minimum Gasteiger partial charge on any atom is -0.405 e. The molecule has 2 heterocycles. The minimum absolute atomic E-state index is 0.0320. The van der Waals surface area contributed by atoms with Crippen molar-refractivity contribution in [2.45, 2.75) is 78.3 Å². The quantitative estimate of drug-likeness (QED) is 0.227. The lowest BCUT2D eigenvalue weighted by atomic mass is 10.1. The van der Waals surface area contributed by atoms with Gasteiger partial charge in [0.2, 0.25) is 0 Å². The molecule has 2 aliphatic rings. The number of nitrogens with two attached hydrogens (primary N) is 1. The smallest absolute Gasteiger partial charge is 0.129 e. The zero-order valence-corrected chi connectivity index (χ0v) is 25.3. The molecule has 6 nitrogen and oxygen atoms in total. The molecule has 5 N–H and O–H groups in total. The summed E-state index contributed by atoms with van der Waals surface area (Å²) in [5, 5.41) is 10.0. The molecule has 220 valence electrons. The van der Waals surface area contributed by atoms with Crippen LogP contribution in [0.2, 0.25) is 0 Å². The Morgan fingerprint density at radius 2 is 1.93 bits per heavy atom. The van der Waals surface area contributed by atoms with Crippen LogP contribution in [-0.2, 0) is 11.3 Å². The third-order valence-corrected chi connectivity index (χ3v) is 6.48. The maximum Gasteiger partial charge on any atom is 0.129 e. The lowest BCUT2D eigenvalue weighted by Crippen LogP contribution is -2.34.